The summed E-state index contributed by atoms with van der Waals surface area (Å²) in [5.74, 6) is 1.21. The van der Waals surface area contributed by atoms with E-state index in [0.29, 0.717) is 30.5 Å². The number of alkyl halides is 1. The first kappa shape index (κ1) is 19.4. The summed E-state index contributed by atoms with van der Waals surface area (Å²) in [4.78, 5) is 14.1. The van der Waals surface area contributed by atoms with Crippen LogP contribution in [0.2, 0.25) is 0 Å². The number of amides is 2. The van der Waals surface area contributed by atoms with Crippen molar-refractivity contribution in [2.24, 2.45) is 0 Å². The van der Waals surface area contributed by atoms with Crippen molar-refractivity contribution in [2.75, 3.05) is 43.3 Å². The van der Waals surface area contributed by atoms with Crippen LogP contribution < -0.4 is 20.3 Å². The van der Waals surface area contributed by atoms with E-state index >= 15 is 0 Å². The van der Waals surface area contributed by atoms with Crippen LogP contribution in [0.15, 0.2) is 18.2 Å². The summed E-state index contributed by atoms with van der Waals surface area (Å²) in [7, 11) is 3.87. The molecular formula is C17H28ClN3O2. The first-order valence-electron chi connectivity index (χ1n) is 8.14. The van der Waals surface area contributed by atoms with Gasteiger partial charge in [-0.3, -0.25) is 0 Å². The summed E-state index contributed by atoms with van der Waals surface area (Å²) in [5, 5.41) is 5.80. The molecule has 0 aromatic heterocycles. The van der Waals surface area contributed by atoms with Crippen LogP contribution in [-0.4, -0.2) is 39.2 Å². The van der Waals surface area contributed by atoms with E-state index in [4.69, 9.17) is 16.3 Å². The molecule has 0 unspecified atom stereocenters. The highest BCUT2D eigenvalue weighted by molar-refractivity contribution is 6.17. The number of carbonyl (C=O) groups is 1. The number of anilines is 2. The van der Waals surface area contributed by atoms with Gasteiger partial charge >= 0.3 is 6.03 Å². The molecule has 2 amide bonds. The summed E-state index contributed by atoms with van der Waals surface area (Å²) < 4.78 is 5.76. The van der Waals surface area contributed by atoms with E-state index < -0.39 is 0 Å². The Morgan fingerprint density at radius 1 is 1.26 bits per heavy atom. The molecule has 1 aromatic rings. The van der Waals surface area contributed by atoms with E-state index in [1.807, 2.05) is 37.2 Å². The molecule has 0 bridgehead atoms. The van der Waals surface area contributed by atoms with Crippen molar-refractivity contribution in [3.8, 4) is 5.75 Å². The highest BCUT2D eigenvalue weighted by Gasteiger charge is 2.14. The number of hydrogen-bond donors (Lipinski definition) is 2. The molecule has 0 saturated heterocycles. The zero-order valence-corrected chi connectivity index (χ0v) is 15.1. The fraction of sp³-hybridized carbons (Fsp3) is 0.588. The lowest BCUT2D eigenvalue weighted by Crippen LogP contribution is -2.30. The van der Waals surface area contributed by atoms with Gasteiger partial charge in [-0.05, 0) is 25.0 Å². The van der Waals surface area contributed by atoms with Gasteiger partial charge in [0.05, 0.1) is 12.3 Å². The smallest absolute Gasteiger partial charge is 0.319 e. The Morgan fingerprint density at radius 3 is 2.70 bits per heavy atom. The van der Waals surface area contributed by atoms with Crippen LogP contribution in [0.25, 0.3) is 0 Å². The SMILES string of the molecule is CCCCCNC(=O)Nc1c(OCCCCl)cccc1N(C)C. The van der Waals surface area contributed by atoms with Crippen molar-refractivity contribution in [3.05, 3.63) is 18.2 Å². The highest BCUT2D eigenvalue weighted by Crippen LogP contribution is 2.34. The van der Waals surface area contributed by atoms with Crippen LogP contribution in [-0.2, 0) is 0 Å². The number of nitrogens with zero attached hydrogens (tertiary/aromatic N) is 1. The minimum Gasteiger partial charge on any atom is -0.491 e. The maximum atomic E-state index is 12.1. The van der Waals surface area contributed by atoms with Crippen molar-refractivity contribution in [2.45, 2.75) is 32.6 Å². The van der Waals surface area contributed by atoms with Crippen LogP contribution in [0.1, 0.15) is 32.6 Å². The topological polar surface area (TPSA) is 53.6 Å². The Bertz CT molecular complexity index is 481. The van der Waals surface area contributed by atoms with E-state index in [1.54, 1.807) is 0 Å². The minimum absolute atomic E-state index is 0.211. The third kappa shape index (κ3) is 6.99. The third-order valence-corrected chi connectivity index (χ3v) is 3.59. The average molecular weight is 342 g/mol. The molecule has 0 aliphatic heterocycles. The summed E-state index contributed by atoms with van der Waals surface area (Å²) >= 11 is 5.69. The minimum atomic E-state index is -0.211. The Morgan fingerprint density at radius 2 is 2.04 bits per heavy atom. The monoisotopic (exact) mass is 341 g/mol. The number of unbranched alkanes of at least 4 members (excludes halogenated alkanes) is 2. The zero-order chi connectivity index (χ0) is 17.1. The number of rotatable bonds is 10. The van der Waals surface area contributed by atoms with Crippen molar-refractivity contribution in [1.82, 2.24) is 5.32 Å². The molecule has 0 aliphatic carbocycles. The second kappa shape index (κ2) is 11.0. The Balaban J connectivity index is 2.77. The standard InChI is InChI=1S/C17H28ClN3O2/c1-4-5-6-12-19-17(22)20-16-14(21(2)3)9-7-10-15(16)23-13-8-11-18/h7,9-10H,4-6,8,11-13H2,1-3H3,(H2,19,20,22). The van der Waals surface area contributed by atoms with Crippen molar-refractivity contribution in [3.63, 3.8) is 0 Å². The van der Waals surface area contributed by atoms with Gasteiger partial charge in [-0.2, -0.15) is 0 Å². The molecule has 5 nitrogen and oxygen atoms in total. The van der Waals surface area contributed by atoms with Gasteiger partial charge in [-0.25, -0.2) is 4.79 Å². The normalized spacial score (nSPS) is 10.3. The van der Waals surface area contributed by atoms with E-state index in [2.05, 4.69) is 17.6 Å². The van der Waals surface area contributed by atoms with Gasteiger partial charge in [0, 0.05) is 26.5 Å². The van der Waals surface area contributed by atoms with E-state index in [9.17, 15) is 4.79 Å². The molecule has 0 aliphatic rings. The highest BCUT2D eigenvalue weighted by atomic mass is 35.5. The number of nitrogens with one attached hydrogen (secondary N) is 2. The predicted molar refractivity (Wildman–Crippen MR) is 98.1 cm³/mol. The second-order valence-corrected chi connectivity index (χ2v) is 5.90. The Kier molecular flexibility index (Phi) is 9.29. The number of hydrogen-bond acceptors (Lipinski definition) is 3. The number of urea groups is 1. The average Bonchev–Trinajstić information content (AvgIpc) is 2.53. The fourth-order valence-electron chi connectivity index (χ4n) is 2.11. The Hall–Kier alpha value is -1.62. The molecular weight excluding hydrogens is 314 g/mol. The molecule has 0 heterocycles. The van der Waals surface area contributed by atoms with E-state index in [0.717, 1.165) is 31.4 Å². The number of halogens is 1. The van der Waals surface area contributed by atoms with Crippen LogP contribution in [0, 0.1) is 0 Å². The van der Waals surface area contributed by atoms with Gasteiger partial charge in [0.1, 0.15) is 11.4 Å². The van der Waals surface area contributed by atoms with Crippen molar-refractivity contribution >= 4 is 29.0 Å². The number of carbonyl (C=O) groups excluding carboxylic acids is 1. The quantitative estimate of drug-likeness (QED) is 0.498. The largest absolute Gasteiger partial charge is 0.491 e. The predicted octanol–water partition coefficient (Wildman–Crippen LogP) is 4.07. The number of ether oxygens (including phenoxy) is 1. The molecule has 1 rings (SSSR count). The maximum absolute atomic E-state index is 12.1. The second-order valence-electron chi connectivity index (χ2n) is 5.52. The first-order chi connectivity index (χ1) is 11.1. The van der Waals surface area contributed by atoms with E-state index in [1.165, 1.54) is 0 Å². The van der Waals surface area contributed by atoms with Crippen LogP contribution in [0.3, 0.4) is 0 Å². The third-order valence-electron chi connectivity index (χ3n) is 3.33. The maximum Gasteiger partial charge on any atom is 0.319 e. The first-order valence-corrected chi connectivity index (χ1v) is 8.67. The van der Waals surface area contributed by atoms with Crippen molar-refractivity contribution in [1.29, 1.82) is 0 Å². The lowest BCUT2D eigenvalue weighted by molar-refractivity contribution is 0.251. The fourth-order valence-corrected chi connectivity index (χ4v) is 2.22. The molecule has 23 heavy (non-hydrogen) atoms. The van der Waals surface area contributed by atoms with Gasteiger partial charge in [-0.15, -0.1) is 11.6 Å². The summed E-state index contributed by atoms with van der Waals surface area (Å²) in [6.07, 6.45) is 3.99. The summed E-state index contributed by atoms with van der Waals surface area (Å²) in [6, 6.07) is 5.50. The lowest BCUT2D eigenvalue weighted by Gasteiger charge is -2.21. The van der Waals surface area contributed by atoms with Gasteiger partial charge in [0.15, 0.2) is 0 Å². The van der Waals surface area contributed by atoms with Crippen molar-refractivity contribution < 1.29 is 9.53 Å². The molecule has 2 N–H and O–H groups in total. The van der Waals surface area contributed by atoms with Crippen LogP contribution >= 0.6 is 11.6 Å². The molecule has 6 heteroatoms. The zero-order valence-electron chi connectivity index (χ0n) is 14.3. The van der Waals surface area contributed by atoms with Gasteiger partial charge in [-0.1, -0.05) is 25.8 Å². The van der Waals surface area contributed by atoms with E-state index in [-0.39, 0.29) is 6.03 Å². The molecule has 0 spiro atoms. The molecule has 0 atom stereocenters. The molecule has 0 saturated carbocycles. The van der Waals surface area contributed by atoms with Gasteiger partial charge in [0.25, 0.3) is 0 Å². The summed E-state index contributed by atoms with van der Waals surface area (Å²) in [5.41, 5.74) is 1.58. The lowest BCUT2D eigenvalue weighted by atomic mass is 10.2. The molecule has 130 valence electrons. The number of para-hydroxylation sites is 1. The van der Waals surface area contributed by atoms with Gasteiger partial charge in [0.2, 0.25) is 0 Å². The Labute approximate surface area is 144 Å². The van der Waals surface area contributed by atoms with Crippen LogP contribution in [0.4, 0.5) is 16.2 Å². The van der Waals surface area contributed by atoms with Crippen LogP contribution in [0.5, 0.6) is 5.75 Å². The molecule has 0 fully saturated rings. The van der Waals surface area contributed by atoms with Gasteiger partial charge < -0.3 is 20.3 Å². The number of benzene rings is 1. The molecule has 0 radical (unpaired) electrons. The summed E-state index contributed by atoms with van der Waals surface area (Å²) in [6.45, 7) is 3.33. The molecule has 1 aromatic carbocycles.